The van der Waals surface area contributed by atoms with Crippen molar-refractivity contribution in [3.63, 3.8) is 0 Å². The van der Waals surface area contributed by atoms with Gasteiger partial charge in [-0.1, -0.05) is 36.4 Å². The van der Waals surface area contributed by atoms with Crippen molar-refractivity contribution in [1.82, 2.24) is 5.32 Å². The van der Waals surface area contributed by atoms with E-state index >= 15 is 0 Å². The van der Waals surface area contributed by atoms with Gasteiger partial charge >= 0.3 is 5.97 Å². The Labute approximate surface area is 176 Å². The van der Waals surface area contributed by atoms with E-state index in [2.05, 4.69) is 21.2 Å². The van der Waals surface area contributed by atoms with Crippen molar-refractivity contribution in [2.24, 2.45) is 0 Å². The van der Waals surface area contributed by atoms with Crippen LogP contribution in [0.15, 0.2) is 83.0 Å². The average molecular weight is 452 g/mol. The van der Waals surface area contributed by atoms with E-state index in [0.29, 0.717) is 22.6 Å². The number of carboxylic acid groups (broad SMARTS) is 1. The summed E-state index contributed by atoms with van der Waals surface area (Å²) in [5.41, 5.74) is 1.90. The fraction of sp³-hybridized carbons (Fsp3) is 0.0435. The molecule has 0 heterocycles. The molecule has 1 amide bonds. The monoisotopic (exact) mass is 451 g/mol. The Morgan fingerprint density at radius 2 is 1.69 bits per heavy atom. The summed E-state index contributed by atoms with van der Waals surface area (Å²) in [6, 6.07) is 21.1. The predicted octanol–water partition coefficient (Wildman–Crippen LogP) is 5.41. The molecule has 2 N–H and O–H groups in total. The highest BCUT2D eigenvalue weighted by Gasteiger charge is 2.13. The SMILES string of the molecule is Cc1ccc(Oc2ccc(/C=C(\NC(=O)c3ccccc3)C(=O)O)cc2)c(Br)c1. The molecule has 0 saturated carbocycles. The summed E-state index contributed by atoms with van der Waals surface area (Å²) in [4.78, 5) is 23.8. The van der Waals surface area contributed by atoms with Crippen molar-refractivity contribution in [1.29, 1.82) is 0 Å². The van der Waals surface area contributed by atoms with E-state index in [1.54, 1.807) is 54.6 Å². The first-order valence-corrected chi connectivity index (χ1v) is 9.57. The first-order chi connectivity index (χ1) is 13.9. The number of aryl methyl sites for hydroxylation is 1. The highest BCUT2D eigenvalue weighted by Crippen LogP contribution is 2.30. The Bertz CT molecular complexity index is 1060. The zero-order chi connectivity index (χ0) is 20.8. The van der Waals surface area contributed by atoms with Gasteiger partial charge in [-0.05, 0) is 76.5 Å². The Hall–Kier alpha value is -3.38. The molecule has 0 bridgehead atoms. The van der Waals surface area contributed by atoms with Crippen molar-refractivity contribution in [3.8, 4) is 11.5 Å². The van der Waals surface area contributed by atoms with E-state index in [-0.39, 0.29) is 5.70 Å². The molecular formula is C23H18BrNO4. The van der Waals surface area contributed by atoms with E-state index in [1.165, 1.54) is 6.08 Å². The summed E-state index contributed by atoms with van der Waals surface area (Å²) in [6.45, 7) is 1.99. The van der Waals surface area contributed by atoms with Gasteiger partial charge in [0.15, 0.2) is 0 Å². The summed E-state index contributed by atoms with van der Waals surface area (Å²) in [5, 5.41) is 11.9. The fourth-order valence-electron chi connectivity index (χ4n) is 2.55. The molecule has 6 heteroatoms. The second-order valence-corrected chi connectivity index (χ2v) is 7.14. The smallest absolute Gasteiger partial charge is 0.352 e. The van der Waals surface area contributed by atoms with E-state index in [9.17, 15) is 14.7 Å². The predicted molar refractivity (Wildman–Crippen MR) is 115 cm³/mol. The fourth-order valence-corrected chi connectivity index (χ4v) is 3.12. The lowest BCUT2D eigenvalue weighted by atomic mass is 10.1. The minimum Gasteiger partial charge on any atom is -0.477 e. The van der Waals surface area contributed by atoms with Crippen LogP contribution < -0.4 is 10.1 Å². The van der Waals surface area contributed by atoms with E-state index in [1.807, 2.05) is 25.1 Å². The molecule has 0 aromatic heterocycles. The molecule has 0 unspecified atom stereocenters. The van der Waals surface area contributed by atoms with Gasteiger partial charge in [0.2, 0.25) is 0 Å². The van der Waals surface area contributed by atoms with Crippen LogP contribution in [-0.4, -0.2) is 17.0 Å². The lowest BCUT2D eigenvalue weighted by Crippen LogP contribution is -2.27. The number of ether oxygens (including phenoxy) is 1. The van der Waals surface area contributed by atoms with Gasteiger partial charge in [-0.25, -0.2) is 4.79 Å². The van der Waals surface area contributed by atoms with Gasteiger partial charge in [0.25, 0.3) is 5.91 Å². The van der Waals surface area contributed by atoms with E-state index < -0.39 is 11.9 Å². The number of hydrogen-bond donors (Lipinski definition) is 2. The number of halogens is 1. The Morgan fingerprint density at radius 1 is 1.00 bits per heavy atom. The number of carbonyl (C=O) groups is 2. The molecule has 5 nitrogen and oxygen atoms in total. The summed E-state index contributed by atoms with van der Waals surface area (Å²) >= 11 is 3.47. The largest absolute Gasteiger partial charge is 0.477 e. The summed E-state index contributed by atoms with van der Waals surface area (Å²) in [7, 11) is 0. The van der Waals surface area contributed by atoms with Crippen LogP contribution in [0.3, 0.4) is 0 Å². The zero-order valence-electron chi connectivity index (χ0n) is 15.6. The molecule has 0 fully saturated rings. The van der Waals surface area contributed by atoms with Gasteiger partial charge < -0.3 is 15.2 Å². The maximum atomic E-state index is 12.2. The second-order valence-electron chi connectivity index (χ2n) is 6.29. The number of nitrogens with one attached hydrogen (secondary N) is 1. The normalized spacial score (nSPS) is 11.0. The standard InChI is InChI=1S/C23H18BrNO4/c1-15-7-12-21(19(24)13-15)29-18-10-8-16(9-11-18)14-20(23(27)28)25-22(26)17-5-3-2-4-6-17/h2-14H,1H3,(H,25,26)(H,27,28)/b20-14-. The van der Waals surface area contributed by atoms with Crippen LogP contribution in [0.5, 0.6) is 11.5 Å². The quantitative estimate of drug-likeness (QED) is 0.491. The Kier molecular flexibility index (Phi) is 6.46. The topological polar surface area (TPSA) is 75.6 Å². The van der Waals surface area contributed by atoms with E-state index in [4.69, 9.17) is 4.74 Å². The molecule has 0 aliphatic rings. The lowest BCUT2D eigenvalue weighted by molar-refractivity contribution is -0.132. The van der Waals surface area contributed by atoms with Crippen LogP contribution in [0.4, 0.5) is 0 Å². The summed E-state index contributed by atoms with van der Waals surface area (Å²) in [5.74, 6) is -0.418. The number of carbonyl (C=O) groups excluding carboxylic acids is 1. The Balaban J connectivity index is 1.75. The number of amides is 1. The van der Waals surface area contributed by atoms with Crippen LogP contribution >= 0.6 is 15.9 Å². The van der Waals surface area contributed by atoms with Crippen LogP contribution in [0, 0.1) is 6.92 Å². The van der Waals surface area contributed by atoms with Gasteiger partial charge in [-0.3, -0.25) is 4.79 Å². The number of rotatable bonds is 6. The van der Waals surface area contributed by atoms with Crippen molar-refractivity contribution in [2.45, 2.75) is 6.92 Å². The lowest BCUT2D eigenvalue weighted by Gasteiger charge is -2.09. The maximum Gasteiger partial charge on any atom is 0.352 e. The first-order valence-electron chi connectivity index (χ1n) is 8.78. The zero-order valence-corrected chi connectivity index (χ0v) is 17.1. The molecule has 0 radical (unpaired) electrons. The van der Waals surface area contributed by atoms with Crippen LogP contribution in [0.1, 0.15) is 21.5 Å². The molecule has 0 atom stereocenters. The van der Waals surface area contributed by atoms with Crippen LogP contribution in [-0.2, 0) is 4.79 Å². The van der Waals surface area contributed by atoms with Gasteiger partial charge in [0.05, 0.1) is 4.47 Å². The molecule has 3 rings (SSSR count). The van der Waals surface area contributed by atoms with Gasteiger partial charge in [0.1, 0.15) is 17.2 Å². The first kappa shape index (κ1) is 20.4. The number of hydrogen-bond acceptors (Lipinski definition) is 3. The minimum absolute atomic E-state index is 0.214. The summed E-state index contributed by atoms with van der Waals surface area (Å²) < 4.78 is 6.69. The van der Waals surface area contributed by atoms with Gasteiger partial charge in [-0.2, -0.15) is 0 Å². The van der Waals surface area contributed by atoms with E-state index in [0.717, 1.165) is 10.0 Å². The molecular weight excluding hydrogens is 434 g/mol. The second kappa shape index (κ2) is 9.21. The molecule has 0 aliphatic heterocycles. The highest BCUT2D eigenvalue weighted by atomic mass is 79.9. The molecule has 3 aromatic carbocycles. The molecule has 0 spiro atoms. The van der Waals surface area contributed by atoms with Crippen LogP contribution in [0.25, 0.3) is 6.08 Å². The Morgan fingerprint density at radius 3 is 2.31 bits per heavy atom. The van der Waals surface area contributed by atoms with Crippen molar-refractivity contribution < 1.29 is 19.4 Å². The maximum absolute atomic E-state index is 12.2. The molecule has 0 aliphatic carbocycles. The van der Waals surface area contributed by atoms with Gasteiger partial charge in [-0.15, -0.1) is 0 Å². The molecule has 3 aromatic rings. The third-order valence-corrected chi connectivity index (χ3v) is 4.64. The number of carboxylic acids is 1. The third kappa shape index (κ3) is 5.56. The molecule has 146 valence electrons. The van der Waals surface area contributed by atoms with Crippen molar-refractivity contribution >= 4 is 33.9 Å². The average Bonchev–Trinajstić information content (AvgIpc) is 2.71. The summed E-state index contributed by atoms with van der Waals surface area (Å²) in [6.07, 6.45) is 1.40. The highest BCUT2D eigenvalue weighted by molar-refractivity contribution is 9.10. The van der Waals surface area contributed by atoms with Crippen molar-refractivity contribution in [2.75, 3.05) is 0 Å². The van der Waals surface area contributed by atoms with Gasteiger partial charge in [0, 0.05) is 5.56 Å². The number of benzene rings is 3. The third-order valence-electron chi connectivity index (χ3n) is 4.02. The van der Waals surface area contributed by atoms with Crippen molar-refractivity contribution in [3.05, 3.63) is 99.7 Å². The molecule has 0 saturated heterocycles. The number of aliphatic carboxylic acids is 1. The molecule has 29 heavy (non-hydrogen) atoms. The van der Waals surface area contributed by atoms with Crippen LogP contribution in [0.2, 0.25) is 0 Å². The minimum atomic E-state index is -1.22.